The first-order valence-electron chi connectivity index (χ1n) is 6.23. The third-order valence-electron chi connectivity index (χ3n) is 4.57. The van der Waals surface area contributed by atoms with Crippen molar-refractivity contribution in [1.82, 2.24) is 10.1 Å². The fourth-order valence-electron chi connectivity index (χ4n) is 3.63. The molecule has 96 valence electrons. The Kier molecular flexibility index (Phi) is 1.65. The number of rotatable bonds is 1. The van der Waals surface area contributed by atoms with Gasteiger partial charge in [0.05, 0.1) is 23.2 Å². The van der Waals surface area contributed by atoms with E-state index in [9.17, 15) is 9.18 Å². The van der Waals surface area contributed by atoms with Crippen LogP contribution in [0.2, 0.25) is 0 Å². The van der Waals surface area contributed by atoms with Gasteiger partial charge in [0.25, 0.3) is 0 Å². The number of hydrogen-bond acceptors (Lipinski definition) is 4. The summed E-state index contributed by atoms with van der Waals surface area (Å²) in [5, 5.41) is 3.87. The molecule has 1 aromatic rings. The van der Waals surface area contributed by atoms with Gasteiger partial charge in [-0.25, -0.2) is 4.39 Å². The van der Waals surface area contributed by atoms with Crippen LogP contribution in [0, 0.1) is 5.41 Å². The van der Waals surface area contributed by atoms with E-state index in [0.717, 1.165) is 11.3 Å². The summed E-state index contributed by atoms with van der Waals surface area (Å²) in [6, 6.07) is 0. The van der Waals surface area contributed by atoms with Gasteiger partial charge in [0, 0.05) is 13.0 Å². The maximum Gasteiger partial charge on any atom is 0.229 e. The second-order valence-electron chi connectivity index (χ2n) is 5.91. The van der Waals surface area contributed by atoms with E-state index in [0.29, 0.717) is 44.7 Å². The molecule has 4 aliphatic rings. The molecule has 2 heterocycles. The standard InChI is InChI=1S/C12H14FN3O2/c13-12-4-11(5-12,6-12)10(17)16-2-1-8-7(3-16)9(14)18-15-8/h1-6,14H2. The number of nitrogen functional groups attached to an aromatic ring is 1. The Bertz CT molecular complexity index is 534. The average molecular weight is 251 g/mol. The quantitative estimate of drug-likeness (QED) is 0.809. The Balaban J connectivity index is 1.54. The number of hydrogen-bond donors (Lipinski definition) is 1. The molecule has 3 aliphatic carbocycles. The van der Waals surface area contributed by atoms with E-state index >= 15 is 0 Å². The van der Waals surface area contributed by atoms with E-state index in [-0.39, 0.29) is 5.91 Å². The molecule has 18 heavy (non-hydrogen) atoms. The summed E-state index contributed by atoms with van der Waals surface area (Å²) in [7, 11) is 0. The second-order valence-corrected chi connectivity index (χ2v) is 5.91. The number of carbonyl (C=O) groups excluding carboxylic acids is 1. The van der Waals surface area contributed by atoms with Crippen LogP contribution in [0.25, 0.3) is 0 Å². The van der Waals surface area contributed by atoms with Crippen LogP contribution in [0.3, 0.4) is 0 Å². The van der Waals surface area contributed by atoms with Crippen LogP contribution in [0.5, 0.6) is 0 Å². The highest BCUT2D eigenvalue weighted by Crippen LogP contribution is 2.70. The number of anilines is 1. The molecule has 2 bridgehead atoms. The molecule has 5 nitrogen and oxygen atoms in total. The van der Waals surface area contributed by atoms with Gasteiger partial charge in [-0.2, -0.15) is 0 Å². The van der Waals surface area contributed by atoms with Crippen molar-refractivity contribution in [3.05, 3.63) is 11.3 Å². The van der Waals surface area contributed by atoms with Crippen molar-refractivity contribution in [2.75, 3.05) is 12.3 Å². The van der Waals surface area contributed by atoms with Crippen molar-refractivity contribution < 1.29 is 13.7 Å². The third kappa shape index (κ3) is 1.11. The summed E-state index contributed by atoms with van der Waals surface area (Å²) in [6.45, 7) is 1.07. The van der Waals surface area contributed by atoms with Crippen molar-refractivity contribution in [2.24, 2.45) is 5.41 Å². The van der Waals surface area contributed by atoms with Crippen LogP contribution in [0.1, 0.15) is 30.5 Å². The zero-order chi connectivity index (χ0) is 12.5. The first-order valence-corrected chi connectivity index (χ1v) is 6.23. The van der Waals surface area contributed by atoms with E-state index in [1.807, 2.05) is 0 Å². The molecule has 1 amide bonds. The molecule has 2 N–H and O–H groups in total. The predicted molar refractivity (Wildman–Crippen MR) is 60.2 cm³/mol. The molecule has 0 aromatic carbocycles. The van der Waals surface area contributed by atoms with E-state index in [2.05, 4.69) is 5.16 Å². The predicted octanol–water partition coefficient (Wildman–Crippen LogP) is 1.03. The van der Waals surface area contributed by atoms with Crippen molar-refractivity contribution in [2.45, 2.75) is 37.9 Å². The molecule has 3 saturated carbocycles. The smallest absolute Gasteiger partial charge is 0.229 e. The Morgan fingerprint density at radius 2 is 2.17 bits per heavy atom. The summed E-state index contributed by atoms with van der Waals surface area (Å²) >= 11 is 0. The minimum Gasteiger partial charge on any atom is -0.367 e. The summed E-state index contributed by atoms with van der Waals surface area (Å²) in [6.07, 6.45) is 1.88. The lowest BCUT2D eigenvalue weighted by molar-refractivity contribution is -0.222. The first-order chi connectivity index (χ1) is 8.51. The van der Waals surface area contributed by atoms with Crippen LogP contribution < -0.4 is 5.73 Å². The zero-order valence-electron chi connectivity index (χ0n) is 9.91. The largest absolute Gasteiger partial charge is 0.367 e. The van der Waals surface area contributed by atoms with Crippen molar-refractivity contribution in [3.8, 4) is 0 Å². The Morgan fingerprint density at radius 3 is 2.83 bits per heavy atom. The molecule has 6 heteroatoms. The van der Waals surface area contributed by atoms with Gasteiger partial charge in [0.15, 0.2) is 0 Å². The van der Waals surface area contributed by atoms with Gasteiger partial charge < -0.3 is 15.2 Å². The maximum absolute atomic E-state index is 13.5. The second kappa shape index (κ2) is 2.87. The highest BCUT2D eigenvalue weighted by Gasteiger charge is 2.73. The molecule has 5 rings (SSSR count). The molecular formula is C12H14FN3O2. The van der Waals surface area contributed by atoms with Crippen LogP contribution in [-0.4, -0.2) is 28.2 Å². The minimum atomic E-state index is -1.03. The molecule has 1 aliphatic heterocycles. The number of nitrogens with zero attached hydrogens (tertiary/aromatic N) is 2. The lowest BCUT2D eigenvalue weighted by atomic mass is 9.42. The minimum absolute atomic E-state index is 0.0771. The molecule has 0 radical (unpaired) electrons. The van der Waals surface area contributed by atoms with Gasteiger partial charge in [0.2, 0.25) is 11.8 Å². The van der Waals surface area contributed by atoms with Crippen molar-refractivity contribution in [1.29, 1.82) is 0 Å². The van der Waals surface area contributed by atoms with Crippen LogP contribution in [0.4, 0.5) is 10.3 Å². The summed E-state index contributed by atoms with van der Waals surface area (Å²) in [5.74, 6) is 0.371. The molecule has 3 fully saturated rings. The molecule has 0 atom stereocenters. The normalized spacial score (nSPS) is 36.6. The van der Waals surface area contributed by atoms with E-state index in [4.69, 9.17) is 10.3 Å². The van der Waals surface area contributed by atoms with Crippen molar-refractivity contribution in [3.63, 3.8) is 0 Å². The Labute approximate surface area is 103 Å². The lowest BCUT2D eigenvalue weighted by Gasteiger charge is -2.65. The molecular weight excluding hydrogens is 237 g/mol. The SMILES string of the molecule is Nc1onc2c1CN(C(=O)C13CC(F)(C1)C3)CC2. The van der Waals surface area contributed by atoms with Crippen molar-refractivity contribution >= 4 is 11.8 Å². The monoisotopic (exact) mass is 251 g/mol. The molecule has 0 spiro atoms. The Hall–Kier alpha value is -1.59. The molecule has 0 saturated heterocycles. The van der Waals surface area contributed by atoms with Crippen LogP contribution in [-0.2, 0) is 17.8 Å². The van der Waals surface area contributed by atoms with E-state index < -0.39 is 11.1 Å². The number of alkyl halides is 1. The van der Waals surface area contributed by atoms with E-state index in [1.165, 1.54) is 0 Å². The number of nitrogens with two attached hydrogens (primary N) is 1. The van der Waals surface area contributed by atoms with E-state index in [1.54, 1.807) is 4.90 Å². The Morgan fingerprint density at radius 1 is 1.44 bits per heavy atom. The number of amides is 1. The van der Waals surface area contributed by atoms with Crippen LogP contribution >= 0.6 is 0 Å². The van der Waals surface area contributed by atoms with Gasteiger partial charge in [-0.1, -0.05) is 5.16 Å². The van der Waals surface area contributed by atoms with Gasteiger partial charge in [0.1, 0.15) is 5.67 Å². The third-order valence-corrected chi connectivity index (χ3v) is 4.57. The van der Waals surface area contributed by atoms with Gasteiger partial charge >= 0.3 is 0 Å². The summed E-state index contributed by atoms with van der Waals surface area (Å²) in [5.41, 5.74) is 5.90. The molecule has 0 unspecified atom stereocenters. The fraction of sp³-hybridized carbons (Fsp3) is 0.667. The maximum atomic E-state index is 13.5. The zero-order valence-corrected chi connectivity index (χ0v) is 9.91. The summed E-state index contributed by atoms with van der Waals surface area (Å²) < 4.78 is 18.4. The fourth-order valence-corrected chi connectivity index (χ4v) is 3.63. The summed E-state index contributed by atoms with van der Waals surface area (Å²) in [4.78, 5) is 14.2. The van der Waals surface area contributed by atoms with Gasteiger partial charge in [-0.05, 0) is 19.3 Å². The lowest BCUT2D eigenvalue weighted by Crippen LogP contribution is -2.70. The molecule has 1 aromatic heterocycles. The highest BCUT2D eigenvalue weighted by atomic mass is 19.1. The van der Waals surface area contributed by atoms with Crippen LogP contribution in [0.15, 0.2) is 4.52 Å². The first kappa shape index (κ1) is 10.3. The van der Waals surface area contributed by atoms with Gasteiger partial charge in [-0.15, -0.1) is 0 Å². The number of carbonyl (C=O) groups is 1. The van der Waals surface area contributed by atoms with Gasteiger partial charge in [-0.3, -0.25) is 4.79 Å². The topological polar surface area (TPSA) is 72.4 Å². The number of fused-ring (bicyclic) bond motifs is 1. The average Bonchev–Trinajstić information content (AvgIpc) is 2.64. The number of aromatic nitrogens is 1. The highest BCUT2D eigenvalue weighted by molar-refractivity contribution is 5.87. The number of halogens is 1.